The number of aliphatic hydroxyl groups excluding tert-OH is 1. The monoisotopic (exact) mass is 285 g/mol. The van der Waals surface area contributed by atoms with Crippen molar-refractivity contribution in [3.05, 3.63) is 12.2 Å². The van der Waals surface area contributed by atoms with Crippen molar-refractivity contribution in [2.75, 3.05) is 0 Å². The van der Waals surface area contributed by atoms with E-state index in [-0.39, 0.29) is 17.6 Å². The first kappa shape index (κ1) is 16.2. The molecule has 114 valence electrons. The van der Waals surface area contributed by atoms with Gasteiger partial charge in [-0.25, -0.2) is 0 Å². The molecule has 0 radical (unpaired) electrons. The molecule has 2 rings (SSSR count). The Morgan fingerprint density at radius 2 is 2.00 bits per heavy atom. The molecule has 1 aliphatic carbocycles. The summed E-state index contributed by atoms with van der Waals surface area (Å²) in [6.07, 6.45) is 24.0. The second-order valence-electron chi connectivity index (χ2n) is 6.50. The third-order valence-electron chi connectivity index (χ3n) is 5.12. The van der Waals surface area contributed by atoms with E-state index >= 15 is 0 Å². The van der Waals surface area contributed by atoms with E-state index in [2.05, 4.69) is 17.2 Å². The largest absolute Gasteiger partial charge is 0.392 e. The minimum Gasteiger partial charge on any atom is -0.392 e. The van der Waals surface area contributed by atoms with Crippen LogP contribution >= 0.6 is 0 Å². The lowest BCUT2D eigenvalue weighted by Gasteiger charge is -2.51. The standard InChI is InChI=1S/C19H27NO/c1-3-5-7-10-16-11-8-14-19(20-16)15-9-13-18(21)17(19)12-6-4-2/h1-2,6,12,16-18,20-21H,5,7-11,13-15H2. The molecule has 2 heteroatoms. The third kappa shape index (κ3) is 3.91. The van der Waals surface area contributed by atoms with Gasteiger partial charge in [0.25, 0.3) is 0 Å². The Morgan fingerprint density at radius 3 is 2.71 bits per heavy atom. The van der Waals surface area contributed by atoms with Crippen LogP contribution in [0.25, 0.3) is 0 Å². The summed E-state index contributed by atoms with van der Waals surface area (Å²) in [5.41, 5.74) is 0.0318. The highest BCUT2D eigenvalue weighted by atomic mass is 16.3. The Morgan fingerprint density at radius 1 is 1.24 bits per heavy atom. The minimum absolute atomic E-state index is 0.0318. The summed E-state index contributed by atoms with van der Waals surface area (Å²) in [5, 5.41) is 14.3. The first-order valence-electron chi connectivity index (χ1n) is 8.24. The molecule has 1 heterocycles. The summed E-state index contributed by atoms with van der Waals surface area (Å²) in [6, 6.07) is 0.527. The average Bonchev–Trinajstić information content (AvgIpc) is 2.47. The molecule has 1 aliphatic heterocycles. The predicted octanol–water partition coefficient (Wildman–Crippen LogP) is 3.02. The van der Waals surface area contributed by atoms with Gasteiger partial charge in [0.05, 0.1) is 6.10 Å². The molecule has 2 nitrogen and oxygen atoms in total. The second kappa shape index (κ2) is 7.69. The number of allylic oxidation sites excluding steroid dienone is 1. The van der Waals surface area contributed by atoms with Crippen molar-refractivity contribution in [3.8, 4) is 24.7 Å². The maximum Gasteiger partial charge on any atom is 0.0620 e. The van der Waals surface area contributed by atoms with E-state index in [1.807, 2.05) is 6.08 Å². The molecular weight excluding hydrogens is 258 g/mol. The van der Waals surface area contributed by atoms with Crippen LogP contribution in [0.5, 0.6) is 0 Å². The topological polar surface area (TPSA) is 32.3 Å². The summed E-state index contributed by atoms with van der Waals surface area (Å²) in [5.74, 6) is 5.43. The highest BCUT2D eigenvalue weighted by molar-refractivity contribution is 5.17. The quantitative estimate of drug-likeness (QED) is 0.615. The maximum atomic E-state index is 10.4. The summed E-state index contributed by atoms with van der Waals surface area (Å²) < 4.78 is 0. The fraction of sp³-hybridized carbons (Fsp3) is 0.684. The highest BCUT2D eigenvalue weighted by Crippen LogP contribution is 2.41. The van der Waals surface area contributed by atoms with Gasteiger partial charge in [-0.15, -0.1) is 18.8 Å². The Labute approximate surface area is 129 Å². The van der Waals surface area contributed by atoms with Gasteiger partial charge in [0.1, 0.15) is 0 Å². The Balaban J connectivity index is 2.07. The highest BCUT2D eigenvalue weighted by Gasteiger charge is 2.45. The minimum atomic E-state index is -0.277. The maximum absolute atomic E-state index is 10.4. The van der Waals surface area contributed by atoms with Gasteiger partial charge in [-0.2, -0.15) is 0 Å². The number of nitrogens with one attached hydrogen (secondary N) is 1. The van der Waals surface area contributed by atoms with E-state index in [0.717, 1.165) is 44.9 Å². The van der Waals surface area contributed by atoms with Crippen molar-refractivity contribution in [1.29, 1.82) is 0 Å². The fourth-order valence-corrected chi connectivity index (χ4v) is 4.15. The van der Waals surface area contributed by atoms with E-state index in [4.69, 9.17) is 12.8 Å². The molecule has 0 amide bonds. The zero-order valence-corrected chi connectivity index (χ0v) is 12.9. The van der Waals surface area contributed by atoms with Gasteiger partial charge in [0.2, 0.25) is 0 Å². The zero-order chi connectivity index (χ0) is 15.1. The smallest absolute Gasteiger partial charge is 0.0620 e. The van der Waals surface area contributed by atoms with Gasteiger partial charge in [0.15, 0.2) is 0 Å². The molecule has 1 spiro atoms. The van der Waals surface area contributed by atoms with Crippen molar-refractivity contribution < 1.29 is 5.11 Å². The van der Waals surface area contributed by atoms with E-state index < -0.39 is 0 Å². The van der Waals surface area contributed by atoms with Crippen LogP contribution in [0.3, 0.4) is 0 Å². The lowest BCUT2D eigenvalue weighted by Crippen LogP contribution is -2.61. The number of hydrogen-bond donors (Lipinski definition) is 2. The summed E-state index contributed by atoms with van der Waals surface area (Å²) in [4.78, 5) is 0. The molecule has 2 aliphatic rings. The normalized spacial score (nSPS) is 36.4. The lowest BCUT2D eigenvalue weighted by atomic mass is 9.66. The van der Waals surface area contributed by atoms with Crippen LogP contribution in [0.4, 0.5) is 0 Å². The fourth-order valence-electron chi connectivity index (χ4n) is 4.15. The number of aliphatic hydroxyl groups is 1. The third-order valence-corrected chi connectivity index (χ3v) is 5.12. The number of rotatable bonds is 4. The van der Waals surface area contributed by atoms with Gasteiger partial charge in [0, 0.05) is 23.9 Å². The first-order valence-corrected chi connectivity index (χ1v) is 8.24. The number of unbranched alkanes of at least 4 members (excludes halogenated alkanes) is 1. The molecular formula is C19H27NO. The molecule has 0 aromatic carbocycles. The predicted molar refractivity (Wildman–Crippen MR) is 87.5 cm³/mol. The molecule has 0 aromatic rings. The Bertz CT molecular complexity index is 437. The molecule has 21 heavy (non-hydrogen) atoms. The van der Waals surface area contributed by atoms with Crippen LogP contribution in [0.15, 0.2) is 12.2 Å². The Hall–Kier alpha value is -1.22. The van der Waals surface area contributed by atoms with E-state index in [1.54, 1.807) is 6.08 Å². The van der Waals surface area contributed by atoms with Gasteiger partial charge >= 0.3 is 0 Å². The van der Waals surface area contributed by atoms with Crippen molar-refractivity contribution >= 4 is 0 Å². The summed E-state index contributed by atoms with van der Waals surface area (Å²) in [7, 11) is 0. The summed E-state index contributed by atoms with van der Waals surface area (Å²) >= 11 is 0. The van der Waals surface area contributed by atoms with Crippen molar-refractivity contribution in [1.82, 2.24) is 5.32 Å². The molecule has 0 aromatic heterocycles. The van der Waals surface area contributed by atoms with Crippen LogP contribution in [0.1, 0.15) is 57.8 Å². The van der Waals surface area contributed by atoms with Crippen LogP contribution in [-0.2, 0) is 0 Å². The van der Waals surface area contributed by atoms with E-state index in [1.165, 1.54) is 12.8 Å². The van der Waals surface area contributed by atoms with Crippen LogP contribution in [-0.4, -0.2) is 22.8 Å². The molecule has 1 saturated carbocycles. The van der Waals surface area contributed by atoms with Crippen LogP contribution < -0.4 is 5.32 Å². The van der Waals surface area contributed by atoms with Crippen molar-refractivity contribution in [2.24, 2.45) is 5.92 Å². The van der Waals surface area contributed by atoms with E-state index in [0.29, 0.717) is 6.04 Å². The first-order chi connectivity index (χ1) is 10.2. The lowest BCUT2D eigenvalue weighted by molar-refractivity contribution is 0.00278. The SMILES string of the molecule is C#CC=CC1C(O)CCCC12CCCC(CCCC#C)N2. The van der Waals surface area contributed by atoms with Gasteiger partial charge in [-0.05, 0) is 51.0 Å². The second-order valence-corrected chi connectivity index (χ2v) is 6.50. The van der Waals surface area contributed by atoms with Crippen molar-refractivity contribution in [2.45, 2.75) is 75.5 Å². The molecule has 4 atom stereocenters. The molecule has 0 bridgehead atoms. The van der Waals surface area contributed by atoms with Gasteiger partial charge < -0.3 is 10.4 Å². The molecule has 4 unspecified atom stereocenters. The van der Waals surface area contributed by atoms with E-state index in [9.17, 15) is 5.11 Å². The number of terminal acetylenes is 2. The van der Waals surface area contributed by atoms with Crippen LogP contribution in [0.2, 0.25) is 0 Å². The van der Waals surface area contributed by atoms with Gasteiger partial charge in [-0.3, -0.25) is 0 Å². The van der Waals surface area contributed by atoms with Crippen molar-refractivity contribution in [3.63, 3.8) is 0 Å². The molecule has 1 saturated heterocycles. The number of hydrogen-bond acceptors (Lipinski definition) is 2. The van der Waals surface area contributed by atoms with Gasteiger partial charge in [-0.1, -0.05) is 18.4 Å². The number of piperidine rings is 1. The average molecular weight is 285 g/mol. The van der Waals surface area contributed by atoms with Crippen LogP contribution in [0, 0.1) is 30.6 Å². The molecule has 2 fully saturated rings. The Kier molecular flexibility index (Phi) is 5.92. The summed E-state index contributed by atoms with van der Waals surface area (Å²) in [6.45, 7) is 0. The zero-order valence-electron chi connectivity index (χ0n) is 12.9. The molecule has 2 N–H and O–H groups in total.